The fourth-order valence-corrected chi connectivity index (χ4v) is 1.37. The second kappa shape index (κ2) is 5.14. The predicted molar refractivity (Wildman–Crippen MR) is 44.8 cm³/mol. The van der Waals surface area contributed by atoms with Gasteiger partial charge in [0.2, 0.25) is 0 Å². The van der Waals surface area contributed by atoms with Gasteiger partial charge in [0.1, 0.15) is 0 Å². The number of esters is 1. The standard InChI is InChI=1S/C9H16O3/c1-8(10)11-7-5-9-4-2-3-6-12-9/h9H,2-7H2,1H3/t9-/m1/s1. The molecule has 1 rings (SSSR count). The van der Waals surface area contributed by atoms with Crippen LogP contribution in [0.15, 0.2) is 0 Å². The highest BCUT2D eigenvalue weighted by atomic mass is 16.5. The summed E-state index contributed by atoms with van der Waals surface area (Å²) < 4.78 is 10.3. The molecule has 1 atom stereocenters. The molecule has 0 aromatic heterocycles. The van der Waals surface area contributed by atoms with E-state index in [1.54, 1.807) is 0 Å². The lowest BCUT2D eigenvalue weighted by Gasteiger charge is -2.21. The summed E-state index contributed by atoms with van der Waals surface area (Å²) in [4.78, 5) is 10.4. The molecule has 0 aromatic rings. The van der Waals surface area contributed by atoms with Crippen molar-refractivity contribution < 1.29 is 14.3 Å². The van der Waals surface area contributed by atoms with Crippen LogP contribution in [0.4, 0.5) is 0 Å². The molecule has 3 nitrogen and oxygen atoms in total. The first kappa shape index (κ1) is 9.52. The zero-order valence-corrected chi connectivity index (χ0v) is 7.54. The number of carbonyl (C=O) groups excluding carboxylic acids is 1. The molecule has 3 heteroatoms. The topological polar surface area (TPSA) is 35.5 Å². The Bertz CT molecular complexity index is 139. The Balaban J connectivity index is 2.01. The van der Waals surface area contributed by atoms with Crippen molar-refractivity contribution in [2.45, 2.75) is 38.7 Å². The summed E-state index contributed by atoms with van der Waals surface area (Å²) in [6.07, 6.45) is 4.69. The third-order valence-electron chi connectivity index (χ3n) is 2.02. The molecule has 0 amide bonds. The monoisotopic (exact) mass is 172 g/mol. The van der Waals surface area contributed by atoms with Gasteiger partial charge in [0.25, 0.3) is 0 Å². The van der Waals surface area contributed by atoms with Gasteiger partial charge in [-0.25, -0.2) is 0 Å². The van der Waals surface area contributed by atoms with E-state index in [-0.39, 0.29) is 5.97 Å². The van der Waals surface area contributed by atoms with E-state index < -0.39 is 0 Å². The molecule has 0 radical (unpaired) electrons. The van der Waals surface area contributed by atoms with E-state index in [0.29, 0.717) is 12.7 Å². The third kappa shape index (κ3) is 3.72. The maximum absolute atomic E-state index is 10.4. The molecule has 0 saturated carbocycles. The maximum Gasteiger partial charge on any atom is 0.302 e. The molecule has 0 spiro atoms. The maximum atomic E-state index is 10.4. The lowest BCUT2D eigenvalue weighted by Crippen LogP contribution is -2.21. The van der Waals surface area contributed by atoms with Crippen LogP contribution in [0.25, 0.3) is 0 Å². The third-order valence-corrected chi connectivity index (χ3v) is 2.02. The van der Waals surface area contributed by atoms with Crippen molar-refractivity contribution in [2.24, 2.45) is 0 Å². The first-order chi connectivity index (χ1) is 5.79. The van der Waals surface area contributed by atoms with Crippen LogP contribution in [-0.2, 0) is 14.3 Å². The highest BCUT2D eigenvalue weighted by Crippen LogP contribution is 2.15. The van der Waals surface area contributed by atoms with Crippen molar-refractivity contribution in [1.82, 2.24) is 0 Å². The minimum absolute atomic E-state index is 0.203. The zero-order valence-electron chi connectivity index (χ0n) is 7.54. The Hall–Kier alpha value is -0.570. The smallest absolute Gasteiger partial charge is 0.302 e. The van der Waals surface area contributed by atoms with Crippen LogP contribution in [0.3, 0.4) is 0 Å². The first-order valence-corrected chi connectivity index (χ1v) is 4.54. The van der Waals surface area contributed by atoms with Gasteiger partial charge in [-0.15, -0.1) is 0 Å². The molecule has 0 bridgehead atoms. The molecule has 1 aliphatic rings. The number of rotatable bonds is 3. The van der Waals surface area contributed by atoms with Gasteiger partial charge in [-0.3, -0.25) is 4.79 Å². The summed E-state index contributed by atoms with van der Waals surface area (Å²) in [5, 5.41) is 0. The van der Waals surface area contributed by atoms with Crippen molar-refractivity contribution in [3.63, 3.8) is 0 Å². The van der Waals surface area contributed by atoms with Gasteiger partial charge in [0.05, 0.1) is 12.7 Å². The van der Waals surface area contributed by atoms with Crippen molar-refractivity contribution in [3.05, 3.63) is 0 Å². The van der Waals surface area contributed by atoms with Crippen molar-refractivity contribution in [1.29, 1.82) is 0 Å². The largest absolute Gasteiger partial charge is 0.466 e. The molecule has 1 fully saturated rings. The summed E-state index contributed by atoms with van der Waals surface area (Å²) in [5.74, 6) is -0.203. The van der Waals surface area contributed by atoms with Crippen LogP contribution in [0, 0.1) is 0 Å². The Morgan fingerprint density at radius 1 is 1.58 bits per heavy atom. The number of hydrogen-bond donors (Lipinski definition) is 0. The van der Waals surface area contributed by atoms with Gasteiger partial charge >= 0.3 is 5.97 Å². The quantitative estimate of drug-likeness (QED) is 0.605. The molecule has 70 valence electrons. The van der Waals surface area contributed by atoms with E-state index in [9.17, 15) is 4.79 Å². The Morgan fingerprint density at radius 3 is 3.00 bits per heavy atom. The summed E-state index contributed by atoms with van der Waals surface area (Å²) in [7, 11) is 0. The van der Waals surface area contributed by atoms with Crippen LogP contribution in [0.1, 0.15) is 32.6 Å². The summed E-state index contributed by atoms with van der Waals surface area (Å²) in [6.45, 7) is 2.80. The average Bonchev–Trinajstić information content (AvgIpc) is 2.05. The number of carbonyl (C=O) groups is 1. The van der Waals surface area contributed by atoms with E-state index in [1.807, 2.05) is 0 Å². The fraction of sp³-hybridized carbons (Fsp3) is 0.889. The Morgan fingerprint density at radius 2 is 2.42 bits per heavy atom. The molecule has 0 aliphatic carbocycles. The van der Waals surface area contributed by atoms with E-state index in [1.165, 1.54) is 19.8 Å². The molecular formula is C9H16O3. The predicted octanol–water partition coefficient (Wildman–Crippen LogP) is 1.51. The first-order valence-electron chi connectivity index (χ1n) is 4.54. The molecular weight excluding hydrogens is 156 g/mol. The van der Waals surface area contributed by atoms with E-state index in [4.69, 9.17) is 9.47 Å². The normalized spacial score (nSPS) is 23.6. The summed E-state index contributed by atoms with van der Waals surface area (Å²) in [5.41, 5.74) is 0. The van der Waals surface area contributed by atoms with Crippen molar-refractivity contribution in [3.8, 4) is 0 Å². The number of hydrogen-bond acceptors (Lipinski definition) is 3. The van der Waals surface area contributed by atoms with Gasteiger partial charge in [-0.05, 0) is 19.3 Å². The minimum Gasteiger partial charge on any atom is -0.466 e. The van der Waals surface area contributed by atoms with Gasteiger partial charge in [0.15, 0.2) is 0 Å². The van der Waals surface area contributed by atoms with Crippen molar-refractivity contribution >= 4 is 5.97 Å². The lowest BCUT2D eigenvalue weighted by molar-refractivity contribution is -0.142. The highest BCUT2D eigenvalue weighted by molar-refractivity contribution is 5.65. The van der Waals surface area contributed by atoms with Crippen molar-refractivity contribution in [2.75, 3.05) is 13.2 Å². The highest BCUT2D eigenvalue weighted by Gasteiger charge is 2.13. The molecule has 12 heavy (non-hydrogen) atoms. The molecule has 0 unspecified atom stereocenters. The molecule has 1 aliphatic heterocycles. The van der Waals surface area contributed by atoms with Gasteiger partial charge in [-0.2, -0.15) is 0 Å². The second-order valence-electron chi connectivity index (χ2n) is 3.12. The second-order valence-corrected chi connectivity index (χ2v) is 3.12. The Kier molecular flexibility index (Phi) is 4.08. The molecule has 1 heterocycles. The molecule has 0 aromatic carbocycles. The average molecular weight is 172 g/mol. The fourth-order valence-electron chi connectivity index (χ4n) is 1.37. The van der Waals surface area contributed by atoms with Crippen LogP contribution in [0.5, 0.6) is 0 Å². The van der Waals surface area contributed by atoms with Gasteiger partial charge < -0.3 is 9.47 Å². The summed E-state index contributed by atoms with van der Waals surface area (Å²) in [6, 6.07) is 0. The van der Waals surface area contributed by atoms with E-state index in [2.05, 4.69) is 0 Å². The van der Waals surface area contributed by atoms with E-state index in [0.717, 1.165) is 19.4 Å². The summed E-state index contributed by atoms with van der Waals surface area (Å²) >= 11 is 0. The van der Waals surface area contributed by atoms with Crippen LogP contribution >= 0.6 is 0 Å². The van der Waals surface area contributed by atoms with Crippen LogP contribution in [-0.4, -0.2) is 25.3 Å². The van der Waals surface area contributed by atoms with Crippen LogP contribution < -0.4 is 0 Å². The SMILES string of the molecule is CC(=O)OCC[C@H]1CCCCO1. The van der Waals surface area contributed by atoms with E-state index >= 15 is 0 Å². The number of ether oxygens (including phenoxy) is 2. The lowest BCUT2D eigenvalue weighted by atomic mass is 10.1. The molecule has 1 saturated heterocycles. The van der Waals surface area contributed by atoms with Gasteiger partial charge in [-0.1, -0.05) is 0 Å². The zero-order chi connectivity index (χ0) is 8.81. The minimum atomic E-state index is -0.203. The van der Waals surface area contributed by atoms with Crippen LogP contribution in [0.2, 0.25) is 0 Å². The molecule has 0 N–H and O–H groups in total. The Labute approximate surface area is 73.0 Å². The van der Waals surface area contributed by atoms with Gasteiger partial charge in [0, 0.05) is 20.0 Å².